The number of hydrogen-bond acceptors (Lipinski definition) is 7. The van der Waals surface area contributed by atoms with Crippen molar-refractivity contribution in [3.8, 4) is 11.3 Å². The highest BCUT2D eigenvalue weighted by Gasteiger charge is 2.17. The molecule has 0 atom stereocenters. The standard InChI is InChI=1S/C19H15N5O3S2/c20-18-17(19(25)23-11-5-7-12(8-6-11)29(21,26)27)24-15(9-22-18)14-10-28-16-4-2-1-3-13(14)16/h1-10H,(H2,20,22)(H,23,25)(H2,21,26,27). The number of nitrogen functional groups attached to an aromatic ring is 1. The van der Waals surface area contributed by atoms with Crippen LogP contribution in [0.3, 0.4) is 0 Å². The summed E-state index contributed by atoms with van der Waals surface area (Å²) in [5.41, 5.74) is 7.61. The second-order valence-electron chi connectivity index (χ2n) is 6.16. The summed E-state index contributed by atoms with van der Waals surface area (Å²) in [4.78, 5) is 21.1. The Morgan fingerprint density at radius 2 is 1.79 bits per heavy atom. The molecule has 4 rings (SSSR count). The molecule has 0 saturated heterocycles. The van der Waals surface area contributed by atoms with Gasteiger partial charge in [-0.25, -0.2) is 23.5 Å². The lowest BCUT2D eigenvalue weighted by Gasteiger charge is -2.08. The molecular weight excluding hydrogens is 410 g/mol. The van der Waals surface area contributed by atoms with Crippen molar-refractivity contribution in [2.24, 2.45) is 5.14 Å². The van der Waals surface area contributed by atoms with Crippen LogP contribution in [0.2, 0.25) is 0 Å². The summed E-state index contributed by atoms with van der Waals surface area (Å²) in [6.07, 6.45) is 1.53. The zero-order valence-electron chi connectivity index (χ0n) is 14.9. The van der Waals surface area contributed by atoms with E-state index in [1.807, 2.05) is 29.6 Å². The molecule has 0 aliphatic carbocycles. The highest BCUT2D eigenvalue weighted by Crippen LogP contribution is 2.33. The van der Waals surface area contributed by atoms with Gasteiger partial charge in [0.1, 0.15) is 0 Å². The number of nitrogens with zero attached hydrogens (tertiary/aromatic N) is 2. The number of nitrogens with one attached hydrogen (secondary N) is 1. The molecule has 2 aromatic heterocycles. The van der Waals surface area contributed by atoms with Crippen molar-refractivity contribution in [2.75, 3.05) is 11.1 Å². The maximum atomic E-state index is 12.7. The molecule has 29 heavy (non-hydrogen) atoms. The number of sulfonamides is 1. The quantitative estimate of drug-likeness (QED) is 0.459. The zero-order chi connectivity index (χ0) is 20.6. The minimum absolute atomic E-state index is 0.00746. The number of hydrogen-bond donors (Lipinski definition) is 3. The van der Waals surface area contributed by atoms with E-state index < -0.39 is 15.9 Å². The third-order valence-electron chi connectivity index (χ3n) is 4.21. The van der Waals surface area contributed by atoms with Gasteiger partial charge in [-0.3, -0.25) is 4.79 Å². The number of thiophene rings is 1. The van der Waals surface area contributed by atoms with Gasteiger partial charge in [0, 0.05) is 26.7 Å². The molecule has 1 amide bonds. The van der Waals surface area contributed by atoms with Gasteiger partial charge >= 0.3 is 0 Å². The third kappa shape index (κ3) is 3.81. The number of benzene rings is 2. The smallest absolute Gasteiger partial charge is 0.278 e. The lowest BCUT2D eigenvalue weighted by molar-refractivity contribution is 0.102. The lowest BCUT2D eigenvalue weighted by atomic mass is 10.1. The number of fused-ring (bicyclic) bond motifs is 1. The summed E-state index contributed by atoms with van der Waals surface area (Å²) in [7, 11) is -3.81. The molecule has 0 unspecified atom stereocenters. The van der Waals surface area contributed by atoms with Crippen LogP contribution in [0.5, 0.6) is 0 Å². The first-order valence-corrected chi connectivity index (χ1v) is 10.8. The van der Waals surface area contributed by atoms with E-state index in [9.17, 15) is 13.2 Å². The fraction of sp³-hybridized carbons (Fsp3) is 0. The summed E-state index contributed by atoms with van der Waals surface area (Å²) < 4.78 is 23.8. The summed E-state index contributed by atoms with van der Waals surface area (Å²) >= 11 is 1.57. The Labute approximate surface area is 170 Å². The fourth-order valence-corrected chi connectivity index (χ4v) is 4.26. The maximum Gasteiger partial charge on any atom is 0.278 e. The van der Waals surface area contributed by atoms with E-state index in [2.05, 4.69) is 15.3 Å². The zero-order valence-corrected chi connectivity index (χ0v) is 16.5. The van der Waals surface area contributed by atoms with E-state index in [0.29, 0.717) is 11.4 Å². The number of amides is 1. The number of aromatic nitrogens is 2. The van der Waals surface area contributed by atoms with Gasteiger partial charge in [-0.2, -0.15) is 0 Å². The molecule has 0 fully saturated rings. The van der Waals surface area contributed by atoms with Crippen molar-refractivity contribution in [1.82, 2.24) is 9.97 Å². The van der Waals surface area contributed by atoms with E-state index in [1.54, 1.807) is 11.3 Å². The number of carbonyl (C=O) groups is 1. The first-order valence-electron chi connectivity index (χ1n) is 8.36. The largest absolute Gasteiger partial charge is 0.382 e. The van der Waals surface area contributed by atoms with Crippen LogP contribution in [-0.4, -0.2) is 24.3 Å². The van der Waals surface area contributed by atoms with Gasteiger partial charge in [-0.15, -0.1) is 11.3 Å². The molecule has 0 saturated carbocycles. The highest BCUT2D eigenvalue weighted by molar-refractivity contribution is 7.89. The Morgan fingerprint density at radius 3 is 2.52 bits per heavy atom. The van der Waals surface area contributed by atoms with Gasteiger partial charge < -0.3 is 11.1 Å². The number of nitrogens with two attached hydrogens (primary N) is 2. The van der Waals surface area contributed by atoms with Crippen LogP contribution in [0, 0.1) is 0 Å². The van der Waals surface area contributed by atoms with Gasteiger partial charge in [0.2, 0.25) is 10.0 Å². The Balaban J connectivity index is 1.65. The van der Waals surface area contributed by atoms with Crippen LogP contribution in [0.25, 0.3) is 21.3 Å². The molecule has 5 N–H and O–H groups in total. The van der Waals surface area contributed by atoms with E-state index in [-0.39, 0.29) is 16.4 Å². The molecule has 8 nitrogen and oxygen atoms in total. The van der Waals surface area contributed by atoms with Crippen LogP contribution in [0.15, 0.2) is 65.0 Å². The first-order chi connectivity index (χ1) is 13.8. The SMILES string of the molecule is Nc1ncc(-c2csc3ccccc23)nc1C(=O)Nc1ccc(S(N)(=O)=O)cc1. The highest BCUT2D eigenvalue weighted by atomic mass is 32.2. The van der Waals surface area contributed by atoms with Crippen molar-refractivity contribution >= 4 is 48.9 Å². The maximum absolute atomic E-state index is 12.7. The fourth-order valence-electron chi connectivity index (χ4n) is 2.79. The molecule has 0 bridgehead atoms. The van der Waals surface area contributed by atoms with Gasteiger partial charge in [-0.05, 0) is 30.3 Å². The Morgan fingerprint density at radius 1 is 1.07 bits per heavy atom. The minimum atomic E-state index is -3.81. The Kier molecular flexibility index (Phi) is 4.74. The molecule has 2 heterocycles. The van der Waals surface area contributed by atoms with Crippen molar-refractivity contribution in [1.29, 1.82) is 0 Å². The number of carbonyl (C=O) groups excluding carboxylic acids is 1. The summed E-state index contributed by atoms with van der Waals surface area (Å²) in [6.45, 7) is 0. The average Bonchev–Trinajstić information content (AvgIpc) is 3.12. The Hall–Kier alpha value is -3.34. The van der Waals surface area contributed by atoms with Crippen molar-refractivity contribution in [3.05, 3.63) is 65.8 Å². The third-order valence-corrected chi connectivity index (χ3v) is 6.11. The predicted molar refractivity (Wildman–Crippen MR) is 113 cm³/mol. The second kappa shape index (κ2) is 7.24. The molecule has 4 aromatic rings. The summed E-state index contributed by atoms with van der Waals surface area (Å²) in [5.74, 6) is -0.563. The van der Waals surface area contributed by atoms with E-state index in [0.717, 1.165) is 15.6 Å². The molecular formula is C19H15N5O3S2. The van der Waals surface area contributed by atoms with Gasteiger partial charge in [0.25, 0.3) is 5.91 Å². The Bertz CT molecular complexity index is 1330. The summed E-state index contributed by atoms with van der Waals surface area (Å²) in [6, 6.07) is 13.3. The molecule has 0 aliphatic heterocycles. The van der Waals surface area contributed by atoms with Crippen LogP contribution in [-0.2, 0) is 10.0 Å². The van der Waals surface area contributed by atoms with E-state index in [1.165, 1.54) is 30.5 Å². The van der Waals surface area contributed by atoms with Crippen LogP contribution >= 0.6 is 11.3 Å². The van der Waals surface area contributed by atoms with E-state index >= 15 is 0 Å². The van der Waals surface area contributed by atoms with Gasteiger partial charge in [0.05, 0.1) is 16.8 Å². The van der Waals surface area contributed by atoms with Crippen molar-refractivity contribution in [2.45, 2.75) is 4.90 Å². The van der Waals surface area contributed by atoms with Crippen molar-refractivity contribution < 1.29 is 13.2 Å². The van der Waals surface area contributed by atoms with Gasteiger partial charge in [-0.1, -0.05) is 18.2 Å². The molecule has 10 heteroatoms. The summed E-state index contributed by atoms with van der Waals surface area (Å²) in [5, 5.41) is 10.7. The van der Waals surface area contributed by atoms with Crippen LogP contribution < -0.4 is 16.2 Å². The van der Waals surface area contributed by atoms with E-state index in [4.69, 9.17) is 10.9 Å². The molecule has 0 radical (unpaired) electrons. The number of anilines is 2. The topological polar surface area (TPSA) is 141 Å². The minimum Gasteiger partial charge on any atom is -0.382 e. The molecule has 0 aliphatic rings. The number of primary sulfonamides is 1. The molecule has 2 aromatic carbocycles. The lowest BCUT2D eigenvalue weighted by Crippen LogP contribution is -2.17. The van der Waals surface area contributed by atoms with Crippen LogP contribution in [0.4, 0.5) is 11.5 Å². The van der Waals surface area contributed by atoms with Crippen LogP contribution in [0.1, 0.15) is 10.5 Å². The monoisotopic (exact) mass is 425 g/mol. The molecule has 146 valence electrons. The van der Waals surface area contributed by atoms with Gasteiger partial charge in [0.15, 0.2) is 11.5 Å². The normalized spacial score (nSPS) is 11.5. The number of rotatable bonds is 4. The predicted octanol–water partition coefficient (Wildman–Crippen LogP) is 2.84. The molecule has 0 spiro atoms. The average molecular weight is 425 g/mol. The van der Waals surface area contributed by atoms with Crippen molar-refractivity contribution in [3.63, 3.8) is 0 Å². The second-order valence-corrected chi connectivity index (χ2v) is 8.63. The first kappa shape index (κ1) is 19.0.